The highest BCUT2D eigenvalue weighted by molar-refractivity contribution is 5.77. The maximum atomic E-state index is 11.0. The van der Waals surface area contributed by atoms with Crippen molar-refractivity contribution in [2.24, 2.45) is 5.73 Å². The first kappa shape index (κ1) is 12.6. The second-order valence-electron chi connectivity index (χ2n) is 2.41. The van der Waals surface area contributed by atoms with Crippen molar-refractivity contribution in [2.75, 3.05) is 14.3 Å². The maximum absolute atomic E-state index is 11.0. The van der Waals surface area contributed by atoms with Crippen molar-refractivity contribution < 1.29 is 13.9 Å². The lowest BCUT2D eigenvalue weighted by Gasteiger charge is -2.08. The smallest absolute Gasteiger partial charge is 0.327 e. The van der Waals surface area contributed by atoms with Crippen LogP contribution in [0, 0.1) is 0 Å². The highest BCUT2D eigenvalue weighted by Crippen LogP contribution is 2.09. The van der Waals surface area contributed by atoms with Gasteiger partial charge in [0.2, 0.25) is 0 Å². The highest BCUT2D eigenvalue weighted by Gasteiger charge is 2.14. The van der Waals surface area contributed by atoms with Crippen LogP contribution in [0.3, 0.4) is 0 Å². The average Bonchev–Trinajstić information content (AvgIpc) is 2.31. The van der Waals surface area contributed by atoms with E-state index in [0.717, 1.165) is 5.56 Å². The monoisotopic (exact) mass is 199 g/mol. The lowest BCUT2D eigenvalue weighted by atomic mass is 10.1. The summed E-state index contributed by atoms with van der Waals surface area (Å²) in [6, 6.07) is 8.45. The number of ether oxygens (including phenoxy) is 1. The van der Waals surface area contributed by atoms with Gasteiger partial charge in [0, 0.05) is 0 Å². The molecule has 3 nitrogen and oxygen atoms in total. The molecule has 0 amide bonds. The molecule has 0 saturated carbocycles. The predicted molar refractivity (Wildman–Crippen MR) is 52.4 cm³/mol. The Morgan fingerprint density at radius 3 is 2.29 bits per heavy atom. The molecule has 0 saturated heterocycles. The third-order valence-electron chi connectivity index (χ3n) is 1.61. The van der Waals surface area contributed by atoms with E-state index in [1.54, 1.807) is 12.1 Å². The standard InChI is InChI=1S/C9H11NO2.CH3F/c1-12-9(11)8(10)7-5-3-2-4-6-7;1-2/h2-6,8H,10H2,1H3;1H3. The molecule has 1 atom stereocenters. The molecule has 0 aliphatic heterocycles. The van der Waals surface area contributed by atoms with Crippen LogP contribution in [0.2, 0.25) is 0 Å². The van der Waals surface area contributed by atoms with Crippen molar-refractivity contribution in [3.8, 4) is 0 Å². The van der Waals surface area contributed by atoms with Gasteiger partial charge in [-0.2, -0.15) is 0 Å². The number of carbonyl (C=O) groups excluding carboxylic acids is 1. The van der Waals surface area contributed by atoms with Crippen molar-refractivity contribution in [3.05, 3.63) is 35.9 Å². The molecule has 0 radical (unpaired) electrons. The summed E-state index contributed by atoms with van der Waals surface area (Å²) in [4.78, 5) is 11.0. The molecule has 0 heterocycles. The largest absolute Gasteiger partial charge is 0.468 e. The van der Waals surface area contributed by atoms with Crippen molar-refractivity contribution >= 4 is 5.97 Å². The van der Waals surface area contributed by atoms with Gasteiger partial charge in [-0.15, -0.1) is 0 Å². The van der Waals surface area contributed by atoms with Crippen molar-refractivity contribution in [1.29, 1.82) is 0 Å². The molecule has 2 N–H and O–H groups in total. The van der Waals surface area contributed by atoms with Gasteiger partial charge < -0.3 is 10.5 Å². The van der Waals surface area contributed by atoms with Crippen LogP contribution in [0.5, 0.6) is 0 Å². The number of rotatable bonds is 2. The first-order chi connectivity index (χ1) is 6.75. The summed E-state index contributed by atoms with van der Waals surface area (Å²) in [7, 11) is 1.82. The van der Waals surface area contributed by atoms with E-state index >= 15 is 0 Å². The second kappa shape index (κ2) is 7.03. The van der Waals surface area contributed by atoms with E-state index in [4.69, 9.17) is 5.73 Å². The van der Waals surface area contributed by atoms with Gasteiger partial charge in [-0.1, -0.05) is 30.3 Å². The minimum absolute atomic E-state index is 0.416. The maximum Gasteiger partial charge on any atom is 0.327 e. The van der Waals surface area contributed by atoms with Crippen molar-refractivity contribution in [3.63, 3.8) is 0 Å². The zero-order valence-electron chi connectivity index (χ0n) is 8.24. The number of hydrogen-bond acceptors (Lipinski definition) is 3. The molecule has 1 aromatic rings. The Bertz CT molecular complexity index is 264. The average molecular weight is 199 g/mol. The summed E-state index contributed by atoms with van der Waals surface area (Å²) >= 11 is 0. The number of hydrogen-bond donors (Lipinski definition) is 1. The quantitative estimate of drug-likeness (QED) is 0.733. The Morgan fingerprint density at radius 1 is 1.36 bits per heavy atom. The van der Waals surface area contributed by atoms with Gasteiger partial charge in [0.05, 0.1) is 14.3 Å². The van der Waals surface area contributed by atoms with Crippen molar-refractivity contribution in [2.45, 2.75) is 6.04 Å². The number of benzene rings is 1. The summed E-state index contributed by atoms with van der Waals surface area (Å²) in [6.45, 7) is 0. The summed E-state index contributed by atoms with van der Waals surface area (Å²) in [6.07, 6.45) is 0. The van der Waals surface area contributed by atoms with Gasteiger partial charge in [-0.25, -0.2) is 0 Å². The molecule has 4 heteroatoms. The van der Waals surface area contributed by atoms with Crippen LogP contribution in [-0.2, 0) is 9.53 Å². The summed E-state index contributed by atoms with van der Waals surface area (Å²) in [5.74, 6) is -0.416. The van der Waals surface area contributed by atoms with E-state index in [1.165, 1.54) is 7.11 Å². The van der Waals surface area contributed by atoms with Crippen LogP contribution in [0.4, 0.5) is 4.39 Å². The molecule has 0 bridgehead atoms. The van der Waals surface area contributed by atoms with Gasteiger partial charge in [0.25, 0.3) is 0 Å². The lowest BCUT2D eigenvalue weighted by Crippen LogP contribution is -2.22. The van der Waals surface area contributed by atoms with Crippen LogP contribution in [0.25, 0.3) is 0 Å². The Morgan fingerprint density at radius 2 is 1.86 bits per heavy atom. The Hall–Kier alpha value is -1.42. The molecule has 1 unspecified atom stereocenters. The molecular weight excluding hydrogens is 185 g/mol. The van der Waals surface area contributed by atoms with E-state index in [0.29, 0.717) is 7.18 Å². The van der Waals surface area contributed by atoms with Gasteiger partial charge in [-0.3, -0.25) is 9.18 Å². The first-order valence-electron chi connectivity index (χ1n) is 4.02. The number of halogens is 1. The Labute approximate surface area is 82.7 Å². The van der Waals surface area contributed by atoms with E-state index in [-0.39, 0.29) is 0 Å². The second-order valence-corrected chi connectivity index (χ2v) is 2.41. The van der Waals surface area contributed by atoms with Crippen LogP contribution >= 0.6 is 0 Å². The fraction of sp³-hybridized carbons (Fsp3) is 0.300. The zero-order valence-corrected chi connectivity index (χ0v) is 8.24. The number of nitrogens with two attached hydrogens (primary N) is 1. The Balaban J connectivity index is 0.000000791. The lowest BCUT2D eigenvalue weighted by molar-refractivity contribution is -0.142. The van der Waals surface area contributed by atoms with Gasteiger partial charge >= 0.3 is 5.97 Å². The Kier molecular flexibility index (Phi) is 6.32. The van der Waals surface area contributed by atoms with E-state index in [9.17, 15) is 9.18 Å². The normalized spacial score (nSPS) is 10.9. The number of carbonyl (C=O) groups is 1. The molecule has 1 aromatic carbocycles. The molecule has 0 aromatic heterocycles. The van der Waals surface area contributed by atoms with E-state index < -0.39 is 12.0 Å². The van der Waals surface area contributed by atoms with Gasteiger partial charge in [0.1, 0.15) is 6.04 Å². The van der Waals surface area contributed by atoms with Crippen LogP contribution in [0.15, 0.2) is 30.3 Å². The third kappa shape index (κ3) is 3.53. The minimum Gasteiger partial charge on any atom is -0.468 e. The molecule has 1 rings (SSSR count). The molecular formula is C10H14FNO2. The molecule has 0 aliphatic rings. The fourth-order valence-corrected chi connectivity index (χ4v) is 0.923. The van der Waals surface area contributed by atoms with Gasteiger partial charge in [-0.05, 0) is 5.56 Å². The van der Waals surface area contributed by atoms with Crippen molar-refractivity contribution in [1.82, 2.24) is 0 Å². The molecule has 0 spiro atoms. The van der Waals surface area contributed by atoms with E-state index in [2.05, 4.69) is 4.74 Å². The summed E-state index contributed by atoms with van der Waals surface area (Å²) in [5.41, 5.74) is 6.34. The SMILES string of the molecule is CF.COC(=O)C(N)c1ccccc1. The minimum atomic E-state index is -0.670. The first-order valence-corrected chi connectivity index (χ1v) is 4.02. The van der Waals surface area contributed by atoms with E-state index in [1.807, 2.05) is 18.2 Å². The van der Waals surface area contributed by atoms with Crippen LogP contribution in [0.1, 0.15) is 11.6 Å². The zero-order chi connectivity index (χ0) is 11.0. The highest BCUT2D eigenvalue weighted by atomic mass is 19.1. The number of methoxy groups -OCH3 is 1. The third-order valence-corrected chi connectivity index (χ3v) is 1.61. The predicted octanol–water partition coefficient (Wildman–Crippen LogP) is 1.45. The van der Waals surface area contributed by atoms with Gasteiger partial charge in [0.15, 0.2) is 0 Å². The molecule has 0 aliphatic carbocycles. The summed E-state index contributed by atoms with van der Waals surface area (Å²) < 4.78 is 14.0. The number of alkyl halides is 1. The summed E-state index contributed by atoms with van der Waals surface area (Å²) in [5, 5.41) is 0. The van der Waals surface area contributed by atoms with Crippen LogP contribution in [-0.4, -0.2) is 20.3 Å². The molecule has 78 valence electrons. The number of esters is 1. The van der Waals surface area contributed by atoms with Crippen LogP contribution < -0.4 is 5.73 Å². The topological polar surface area (TPSA) is 52.3 Å². The molecule has 0 fully saturated rings. The molecule has 14 heavy (non-hydrogen) atoms. The fourth-order valence-electron chi connectivity index (χ4n) is 0.923.